The SMILES string of the molecule is CC(C)C(O)[N+](C)(C)C. The molecule has 0 rings (SSSR count). The molecule has 0 aromatic carbocycles. The van der Waals surface area contributed by atoms with Crippen molar-refractivity contribution in [3.63, 3.8) is 0 Å². The molecule has 0 aliphatic rings. The Balaban J connectivity index is 3.88. The average molecular weight is 132 g/mol. The molecule has 2 nitrogen and oxygen atoms in total. The Morgan fingerprint density at radius 3 is 1.44 bits per heavy atom. The number of hydrogen-bond acceptors (Lipinski definition) is 1. The third-order valence-electron chi connectivity index (χ3n) is 1.39. The molecule has 0 aliphatic heterocycles. The number of nitrogens with zero attached hydrogens (tertiary/aromatic N) is 1. The number of quaternary nitrogens is 1. The van der Waals surface area contributed by atoms with Crippen LogP contribution in [-0.2, 0) is 0 Å². The van der Waals surface area contributed by atoms with E-state index in [2.05, 4.69) is 0 Å². The van der Waals surface area contributed by atoms with Crippen LogP contribution in [0.25, 0.3) is 0 Å². The standard InChI is InChI=1S/C7H18NO/c1-6(2)7(9)8(3,4)5/h6-7,9H,1-5H3/q+1. The summed E-state index contributed by atoms with van der Waals surface area (Å²) in [5.74, 6) is 0.338. The quantitative estimate of drug-likeness (QED) is 0.432. The molecule has 0 amide bonds. The van der Waals surface area contributed by atoms with Crippen molar-refractivity contribution in [2.45, 2.75) is 20.1 Å². The molecule has 0 saturated carbocycles. The van der Waals surface area contributed by atoms with Gasteiger partial charge < -0.3 is 9.59 Å². The molecule has 1 unspecified atom stereocenters. The summed E-state index contributed by atoms with van der Waals surface area (Å²) in [4.78, 5) is 0. The number of aliphatic hydroxyl groups excluding tert-OH is 1. The van der Waals surface area contributed by atoms with Crippen molar-refractivity contribution in [2.75, 3.05) is 21.1 Å². The summed E-state index contributed by atoms with van der Waals surface area (Å²) in [6.45, 7) is 4.04. The molecule has 0 radical (unpaired) electrons. The second kappa shape index (κ2) is 2.67. The maximum absolute atomic E-state index is 9.44. The van der Waals surface area contributed by atoms with E-state index in [4.69, 9.17) is 0 Å². The molecule has 0 aromatic heterocycles. The predicted molar refractivity (Wildman–Crippen MR) is 38.9 cm³/mol. The molecule has 2 heteroatoms. The van der Waals surface area contributed by atoms with Crippen molar-refractivity contribution in [3.05, 3.63) is 0 Å². The Morgan fingerprint density at radius 1 is 1.11 bits per heavy atom. The van der Waals surface area contributed by atoms with Crippen LogP contribution in [0.3, 0.4) is 0 Å². The molecule has 0 heterocycles. The van der Waals surface area contributed by atoms with E-state index >= 15 is 0 Å². The fourth-order valence-electron chi connectivity index (χ4n) is 0.894. The monoisotopic (exact) mass is 132 g/mol. The van der Waals surface area contributed by atoms with Gasteiger partial charge in [-0.2, -0.15) is 0 Å². The Hall–Kier alpha value is -0.0800. The molecule has 1 N–H and O–H groups in total. The van der Waals surface area contributed by atoms with E-state index in [0.717, 1.165) is 0 Å². The molecule has 0 saturated heterocycles. The van der Waals surface area contributed by atoms with Crippen LogP contribution in [0.4, 0.5) is 0 Å². The molecule has 0 aromatic rings. The van der Waals surface area contributed by atoms with Gasteiger partial charge in [-0.1, -0.05) is 13.8 Å². The largest absolute Gasteiger partial charge is 0.345 e. The second-order valence-electron chi connectivity index (χ2n) is 3.77. The lowest BCUT2D eigenvalue weighted by atomic mass is 10.1. The predicted octanol–water partition coefficient (Wildman–Crippen LogP) is 0.667. The third kappa shape index (κ3) is 2.82. The zero-order valence-electron chi connectivity index (χ0n) is 7.05. The molecule has 0 spiro atoms. The van der Waals surface area contributed by atoms with Gasteiger partial charge in [-0.25, -0.2) is 0 Å². The summed E-state index contributed by atoms with van der Waals surface area (Å²) in [6.07, 6.45) is -0.245. The van der Waals surface area contributed by atoms with E-state index in [1.807, 2.05) is 35.0 Å². The first-order chi connectivity index (χ1) is 3.85. The highest BCUT2D eigenvalue weighted by atomic mass is 16.3. The molecule has 0 fully saturated rings. The van der Waals surface area contributed by atoms with Crippen LogP contribution >= 0.6 is 0 Å². The maximum atomic E-state index is 9.44. The summed E-state index contributed by atoms with van der Waals surface area (Å²) in [5, 5.41) is 9.44. The van der Waals surface area contributed by atoms with Gasteiger partial charge >= 0.3 is 0 Å². The van der Waals surface area contributed by atoms with Gasteiger partial charge in [0.25, 0.3) is 0 Å². The van der Waals surface area contributed by atoms with Crippen LogP contribution in [-0.4, -0.2) is 37.0 Å². The van der Waals surface area contributed by atoms with E-state index < -0.39 is 0 Å². The van der Waals surface area contributed by atoms with Gasteiger partial charge in [-0.05, 0) is 0 Å². The van der Waals surface area contributed by atoms with Crippen molar-refractivity contribution in [1.82, 2.24) is 0 Å². The molecular formula is C7H18NO+. The Kier molecular flexibility index (Phi) is 2.65. The minimum Gasteiger partial charge on any atom is -0.345 e. The van der Waals surface area contributed by atoms with E-state index in [1.54, 1.807) is 0 Å². The first-order valence-electron chi connectivity index (χ1n) is 3.35. The fourth-order valence-corrected chi connectivity index (χ4v) is 0.894. The summed E-state index contributed by atoms with van der Waals surface area (Å²) in [7, 11) is 5.97. The average Bonchev–Trinajstić information content (AvgIpc) is 1.62. The second-order valence-corrected chi connectivity index (χ2v) is 3.77. The van der Waals surface area contributed by atoms with E-state index in [-0.39, 0.29) is 6.23 Å². The molecule has 0 aliphatic carbocycles. The van der Waals surface area contributed by atoms with Gasteiger partial charge in [0.15, 0.2) is 6.23 Å². The lowest BCUT2D eigenvalue weighted by Crippen LogP contribution is -2.47. The highest BCUT2D eigenvalue weighted by molar-refractivity contribution is 4.45. The Morgan fingerprint density at radius 2 is 1.44 bits per heavy atom. The highest BCUT2D eigenvalue weighted by Gasteiger charge is 2.23. The lowest BCUT2D eigenvalue weighted by molar-refractivity contribution is -0.922. The third-order valence-corrected chi connectivity index (χ3v) is 1.39. The summed E-state index contributed by atoms with van der Waals surface area (Å²) >= 11 is 0. The molecule has 1 atom stereocenters. The van der Waals surface area contributed by atoms with Crippen molar-refractivity contribution in [3.8, 4) is 0 Å². The molecule has 9 heavy (non-hydrogen) atoms. The first kappa shape index (κ1) is 8.92. The minimum atomic E-state index is -0.245. The number of aliphatic hydroxyl groups is 1. The topological polar surface area (TPSA) is 20.2 Å². The van der Waals surface area contributed by atoms with Gasteiger partial charge in [-0.15, -0.1) is 0 Å². The summed E-state index contributed by atoms with van der Waals surface area (Å²) in [5.41, 5.74) is 0. The smallest absolute Gasteiger partial charge is 0.192 e. The van der Waals surface area contributed by atoms with Gasteiger partial charge in [-0.3, -0.25) is 0 Å². The maximum Gasteiger partial charge on any atom is 0.192 e. The van der Waals surface area contributed by atoms with Crippen LogP contribution < -0.4 is 0 Å². The molecule has 0 bridgehead atoms. The molecular weight excluding hydrogens is 114 g/mol. The summed E-state index contributed by atoms with van der Waals surface area (Å²) in [6, 6.07) is 0. The number of hydrogen-bond donors (Lipinski definition) is 1. The van der Waals surface area contributed by atoms with Crippen LogP contribution in [0.15, 0.2) is 0 Å². The molecule has 56 valence electrons. The number of rotatable bonds is 2. The minimum absolute atomic E-state index is 0.245. The Labute approximate surface area is 57.7 Å². The van der Waals surface area contributed by atoms with Crippen LogP contribution in [0.1, 0.15) is 13.8 Å². The first-order valence-corrected chi connectivity index (χ1v) is 3.35. The van der Waals surface area contributed by atoms with Crippen molar-refractivity contribution < 1.29 is 9.59 Å². The normalized spacial score (nSPS) is 16.3. The summed E-state index contributed by atoms with van der Waals surface area (Å²) < 4.78 is 0.623. The lowest BCUT2D eigenvalue weighted by Gasteiger charge is -2.32. The van der Waals surface area contributed by atoms with Crippen LogP contribution in [0.2, 0.25) is 0 Å². The Bertz CT molecular complexity index is 83.4. The van der Waals surface area contributed by atoms with E-state index in [1.165, 1.54) is 0 Å². The van der Waals surface area contributed by atoms with E-state index in [0.29, 0.717) is 10.4 Å². The van der Waals surface area contributed by atoms with E-state index in [9.17, 15) is 5.11 Å². The fraction of sp³-hybridized carbons (Fsp3) is 1.00. The van der Waals surface area contributed by atoms with Crippen LogP contribution in [0, 0.1) is 5.92 Å². The van der Waals surface area contributed by atoms with Gasteiger partial charge in [0.2, 0.25) is 0 Å². The van der Waals surface area contributed by atoms with Gasteiger partial charge in [0, 0.05) is 5.92 Å². The van der Waals surface area contributed by atoms with Gasteiger partial charge in [0.1, 0.15) is 0 Å². The van der Waals surface area contributed by atoms with Crippen molar-refractivity contribution in [2.24, 2.45) is 5.92 Å². The highest BCUT2D eigenvalue weighted by Crippen LogP contribution is 2.08. The zero-order valence-corrected chi connectivity index (χ0v) is 7.05. The van der Waals surface area contributed by atoms with Crippen molar-refractivity contribution >= 4 is 0 Å². The zero-order chi connectivity index (χ0) is 7.65. The van der Waals surface area contributed by atoms with Gasteiger partial charge in [0.05, 0.1) is 21.1 Å². The van der Waals surface area contributed by atoms with Crippen molar-refractivity contribution in [1.29, 1.82) is 0 Å². The van der Waals surface area contributed by atoms with Crippen LogP contribution in [0.5, 0.6) is 0 Å².